The summed E-state index contributed by atoms with van der Waals surface area (Å²) in [6.45, 7) is -0.0588. The second-order valence-corrected chi connectivity index (χ2v) is 4.56. The van der Waals surface area contributed by atoms with Crippen LogP contribution in [-0.2, 0) is 10.0 Å². The number of rotatable bonds is 5. The molecule has 90 valence electrons. The molecule has 0 aliphatic rings. The lowest BCUT2D eigenvalue weighted by molar-refractivity contribution is 0.597. The third-order valence-electron chi connectivity index (χ3n) is 1.55. The Kier molecular flexibility index (Phi) is 3.93. The fraction of sp³-hybridized carbons (Fsp3) is 0.333. The zero-order chi connectivity index (χ0) is 12.2. The van der Waals surface area contributed by atoms with E-state index in [2.05, 4.69) is 20.7 Å². The Balaban J connectivity index is 2.66. The van der Waals surface area contributed by atoms with E-state index in [1.165, 1.54) is 0 Å². The SMILES string of the molecule is NNc1ncc(F)c(NCCS(N)(=O)=O)n1. The van der Waals surface area contributed by atoms with Gasteiger partial charge >= 0.3 is 0 Å². The van der Waals surface area contributed by atoms with Crippen molar-refractivity contribution in [2.75, 3.05) is 23.0 Å². The maximum Gasteiger partial charge on any atom is 0.239 e. The van der Waals surface area contributed by atoms with Crippen LogP contribution in [0.1, 0.15) is 0 Å². The highest BCUT2D eigenvalue weighted by atomic mass is 32.2. The number of nitrogens with two attached hydrogens (primary N) is 2. The molecule has 10 heteroatoms. The van der Waals surface area contributed by atoms with Crippen molar-refractivity contribution >= 4 is 21.8 Å². The topological polar surface area (TPSA) is 136 Å². The average Bonchev–Trinajstić information content (AvgIpc) is 2.19. The van der Waals surface area contributed by atoms with E-state index in [0.717, 1.165) is 6.20 Å². The zero-order valence-corrected chi connectivity index (χ0v) is 8.96. The van der Waals surface area contributed by atoms with Crippen molar-refractivity contribution in [1.82, 2.24) is 9.97 Å². The van der Waals surface area contributed by atoms with Gasteiger partial charge in [-0.2, -0.15) is 4.98 Å². The highest BCUT2D eigenvalue weighted by molar-refractivity contribution is 7.89. The first kappa shape index (κ1) is 12.5. The maximum atomic E-state index is 13.1. The van der Waals surface area contributed by atoms with Crippen LogP contribution in [0.3, 0.4) is 0 Å². The second kappa shape index (κ2) is 5.01. The van der Waals surface area contributed by atoms with Crippen LogP contribution in [0.5, 0.6) is 0 Å². The van der Waals surface area contributed by atoms with Crippen LogP contribution < -0.4 is 21.7 Å². The molecule has 8 nitrogen and oxygen atoms in total. The van der Waals surface area contributed by atoms with Crippen molar-refractivity contribution in [1.29, 1.82) is 0 Å². The van der Waals surface area contributed by atoms with Gasteiger partial charge in [0.1, 0.15) is 0 Å². The molecule has 1 heterocycles. The lowest BCUT2D eigenvalue weighted by Crippen LogP contribution is -2.23. The smallest absolute Gasteiger partial charge is 0.239 e. The molecule has 1 rings (SSSR count). The summed E-state index contributed by atoms with van der Waals surface area (Å²) in [5, 5.41) is 7.23. The number of nitrogen functional groups attached to an aromatic ring is 1. The summed E-state index contributed by atoms with van der Waals surface area (Å²) in [5.41, 5.74) is 2.13. The van der Waals surface area contributed by atoms with Crippen LogP contribution >= 0.6 is 0 Å². The number of aromatic nitrogens is 2. The number of hydrazine groups is 1. The van der Waals surface area contributed by atoms with Gasteiger partial charge in [-0.05, 0) is 0 Å². The van der Waals surface area contributed by atoms with Crippen molar-refractivity contribution < 1.29 is 12.8 Å². The molecule has 0 fully saturated rings. The molecule has 0 saturated carbocycles. The molecule has 0 saturated heterocycles. The summed E-state index contributed by atoms with van der Waals surface area (Å²) >= 11 is 0. The summed E-state index contributed by atoms with van der Waals surface area (Å²) in [6.07, 6.45) is 0.904. The minimum Gasteiger partial charge on any atom is -0.366 e. The van der Waals surface area contributed by atoms with E-state index in [9.17, 15) is 12.8 Å². The van der Waals surface area contributed by atoms with Crippen molar-refractivity contribution in [2.24, 2.45) is 11.0 Å². The molecule has 1 aromatic rings. The normalized spacial score (nSPS) is 11.2. The molecule has 1 aromatic heterocycles. The number of nitrogens with zero attached hydrogens (tertiary/aromatic N) is 2. The molecule has 0 aliphatic carbocycles. The van der Waals surface area contributed by atoms with E-state index in [-0.39, 0.29) is 24.1 Å². The predicted octanol–water partition coefficient (Wildman–Crippen LogP) is -1.40. The van der Waals surface area contributed by atoms with Gasteiger partial charge in [0.15, 0.2) is 11.6 Å². The third kappa shape index (κ3) is 3.92. The molecule has 6 N–H and O–H groups in total. The minimum atomic E-state index is -3.59. The molecule has 0 unspecified atom stereocenters. The van der Waals surface area contributed by atoms with Crippen LogP contribution in [0.15, 0.2) is 6.20 Å². The van der Waals surface area contributed by atoms with E-state index < -0.39 is 15.8 Å². The molecule has 0 atom stereocenters. The Morgan fingerprint density at radius 3 is 2.75 bits per heavy atom. The first-order valence-corrected chi connectivity index (χ1v) is 5.87. The van der Waals surface area contributed by atoms with Crippen molar-refractivity contribution in [3.8, 4) is 0 Å². The first-order chi connectivity index (χ1) is 7.42. The lowest BCUT2D eigenvalue weighted by atomic mass is 10.5. The largest absolute Gasteiger partial charge is 0.366 e. The van der Waals surface area contributed by atoms with Gasteiger partial charge in [0.25, 0.3) is 0 Å². The summed E-state index contributed by atoms with van der Waals surface area (Å²) in [5.74, 6) is 3.85. The summed E-state index contributed by atoms with van der Waals surface area (Å²) < 4.78 is 34.3. The fourth-order valence-corrected chi connectivity index (χ4v) is 1.26. The molecule has 16 heavy (non-hydrogen) atoms. The fourth-order valence-electron chi connectivity index (χ4n) is 0.872. The van der Waals surface area contributed by atoms with E-state index in [1.54, 1.807) is 0 Å². The van der Waals surface area contributed by atoms with Crippen molar-refractivity contribution in [2.45, 2.75) is 0 Å². The standard InChI is InChI=1S/C6H11FN6O2S/c7-4-3-11-6(13-8)12-5(4)10-1-2-16(9,14)15/h3H,1-2,8H2,(H2,9,14,15)(H2,10,11,12,13). The van der Waals surface area contributed by atoms with Crippen LogP contribution in [0.2, 0.25) is 0 Å². The van der Waals surface area contributed by atoms with E-state index in [4.69, 9.17) is 11.0 Å². The molecule has 0 spiro atoms. The van der Waals surface area contributed by atoms with Gasteiger partial charge in [-0.1, -0.05) is 0 Å². The lowest BCUT2D eigenvalue weighted by Gasteiger charge is -2.06. The molecule has 0 bridgehead atoms. The Morgan fingerprint density at radius 2 is 2.19 bits per heavy atom. The first-order valence-electron chi connectivity index (χ1n) is 4.16. The van der Waals surface area contributed by atoms with Gasteiger partial charge in [0, 0.05) is 6.54 Å². The van der Waals surface area contributed by atoms with Gasteiger partial charge in [-0.3, -0.25) is 5.43 Å². The van der Waals surface area contributed by atoms with Crippen LogP contribution in [0.4, 0.5) is 16.2 Å². The second-order valence-electron chi connectivity index (χ2n) is 2.83. The summed E-state index contributed by atoms with van der Waals surface area (Å²) in [6, 6.07) is 0. The molecule has 0 aromatic carbocycles. The van der Waals surface area contributed by atoms with Gasteiger partial charge in [-0.25, -0.2) is 28.8 Å². The maximum absolute atomic E-state index is 13.1. The van der Waals surface area contributed by atoms with Crippen LogP contribution in [0, 0.1) is 5.82 Å². The highest BCUT2D eigenvalue weighted by Crippen LogP contribution is 2.10. The number of anilines is 2. The zero-order valence-electron chi connectivity index (χ0n) is 8.14. The Morgan fingerprint density at radius 1 is 1.50 bits per heavy atom. The van der Waals surface area contributed by atoms with Gasteiger partial charge in [0.2, 0.25) is 16.0 Å². The monoisotopic (exact) mass is 250 g/mol. The Labute approximate surface area is 91.3 Å². The minimum absolute atomic E-state index is 0.0134. The van der Waals surface area contributed by atoms with Gasteiger partial charge in [0.05, 0.1) is 11.9 Å². The van der Waals surface area contributed by atoms with Crippen LogP contribution in [0.25, 0.3) is 0 Å². The van der Waals surface area contributed by atoms with E-state index in [1.807, 2.05) is 0 Å². The van der Waals surface area contributed by atoms with Gasteiger partial charge < -0.3 is 5.32 Å². The van der Waals surface area contributed by atoms with E-state index in [0.29, 0.717) is 0 Å². The number of primary sulfonamides is 1. The number of hydrogen-bond donors (Lipinski definition) is 4. The Hall–Kier alpha value is -1.52. The van der Waals surface area contributed by atoms with Gasteiger partial charge in [-0.15, -0.1) is 0 Å². The number of sulfonamides is 1. The summed E-state index contributed by atoms with van der Waals surface area (Å²) in [4.78, 5) is 7.15. The summed E-state index contributed by atoms with van der Waals surface area (Å²) in [7, 11) is -3.59. The highest BCUT2D eigenvalue weighted by Gasteiger charge is 2.07. The molecular formula is C6H11FN6O2S. The quantitative estimate of drug-likeness (QED) is 0.372. The van der Waals surface area contributed by atoms with E-state index >= 15 is 0 Å². The van der Waals surface area contributed by atoms with Crippen molar-refractivity contribution in [3.05, 3.63) is 12.0 Å². The molecule has 0 radical (unpaired) electrons. The number of halogens is 1. The average molecular weight is 250 g/mol. The van der Waals surface area contributed by atoms with Crippen molar-refractivity contribution in [3.63, 3.8) is 0 Å². The number of nitrogens with one attached hydrogen (secondary N) is 2. The van der Waals surface area contributed by atoms with Crippen LogP contribution in [-0.4, -0.2) is 30.7 Å². The predicted molar refractivity (Wildman–Crippen MR) is 56.3 cm³/mol. The molecule has 0 aliphatic heterocycles. The third-order valence-corrected chi connectivity index (χ3v) is 2.33. The Bertz CT molecular complexity index is 464. The number of hydrogen-bond acceptors (Lipinski definition) is 7. The molecule has 0 amide bonds. The molecular weight excluding hydrogens is 239 g/mol.